The van der Waals surface area contributed by atoms with Crippen LogP contribution in [-0.2, 0) is 13.0 Å². The molecule has 104 valence electrons. The molecule has 0 aliphatic rings. The second kappa shape index (κ2) is 6.44. The predicted molar refractivity (Wildman–Crippen MR) is 81.8 cm³/mol. The van der Waals surface area contributed by atoms with Gasteiger partial charge >= 0.3 is 0 Å². The van der Waals surface area contributed by atoms with E-state index in [0.29, 0.717) is 0 Å². The van der Waals surface area contributed by atoms with Crippen LogP contribution in [0.1, 0.15) is 31.6 Å². The van der Waals surface area contributed by atoms with Crippen LogP contribution >= 0.6 is 15.9 Å². The summed E-state index contributed by atoms with van der Waals surface area (Å²) < 4.78 is 12.3. The Bertz CT molecular complexity index is 563. The maximum Gasteiger partial charge on any atom is 0.149 e. The van der Waals surface area contributed by atoms with Crippen molar-refractivity contribution in [2.75, 3.05) is 13.7 Å². The topological polar surface area (TPSA) is 34.4 Å². The van der Waals surface area contributed by atoms with E-state index in [-0.39, 0.29) is 0 Å². The molecule has 2 rings (SSSR count). The van der Waals surface area contributed by atoms with Gasteiger partial charge in [-0.05, 0) is 47.4 Å². The number of aryl methyl sites for hydroxylation is 1. The number of nitrogens with one attached hydrogen (secondary N) is 1. The summed E-state index contributed by atoms with van der Waals surface area (Å²) in [6, 6.07) is 3.99. The van der Waals surface area contributed by atoms with Crippen molar-refractivity contribution in [2.45, 2.75) is 33.2 Å². The largest absolute Gasteiger partial charge is 0.497 e. The van der Waals surface area contributed by atoms with Crippen molar-refractivity contribution in [1.82, 2.24) is 5.32 Å². The summed E-state index contributed by atoms with van der Waals surface area (Å²) in [6.07, 6.45) is 2.08. The quantitative estimate of drug-likeness (QED) is 0.805. The first-order chi connectivity index (χ1) is 9.21. The van der Waals surface area contributed by atoms with Gasteiger partial charge in [-0.15, -0.1) is 0 Å². The summed E-state index contributed by atoms with van der Waals surface area (Å²) in [5.74, 6) is 1.88. The van der Waals surface area contributed by atoms with Gasteiger partial charge in [0.2, 0.25) is 0 Å². The van der Waals surface area contributed by atoms with Crippen LogP contribution in [0.3, 0.4) is 0 Å². The molecule has 19 heavy (non-hydrogen) atoms. The number of ether oxygens (including phenoxy) is 1. The molecule has 4 heteroatoms. The van der Waals surface area contributed by atoms with Crippen LogP contribution in [0.5, 0.6) is 5.75 Å². The van der Waals surface area contributed by atoms with Gasteiger partial charge in [-0.25, -0.2) is 0 Å². The van der Waals surface area contributed by atoms with Crippen molar-refractivity contribution >= 4 is 26.9 Å². The van der Waals surface area contributed by atoms with Crippen LogP contribution in [0.25, 0.3) is 11.0 Å². The van der Waals surface area contributed by atoms with Crippen LogP contribution < -0.4 is 10.1 Å². The molecule has 2 aromatic rings. The Morgan fingerprint density at radius 3 is 2.74 bits per heavy atom. The molecule has 3 nitrogen and oxygen atoms in total. The number of methoxy groups -OCH3 is 1. The molecule has 1 heterocycles. The first kappa shape index (κ1) is 14.4. The van der Waals surface area contributed by atoms with Gasteiger partial charge in [0.05, 0.1) is 18.1 Å². The molecule has 0 aliphatic carbocycles. The Morgan fingerprint density at radius 1 is 1.32 bits per heavy atom. The molecule has 0 amide bonds. The summed E-state index contributed by atoms with van der Waals surface area (Å²) in [5, 5.41) is 4.54. The van der Waals surface area contributed by atoms with Crippen molar-refractivity contribution in [3.05, 3.63) is 27.9 Å². The van der Waals surface area contributed by atoms with Gasteiger partial charge in [0.1, 0.15) is 17.1 Å². The Balaban J connectivity index is 2.45. The molecular formula is C15H20BrNO2. The summed E-state index contributed by atoms with van der Waals surface area (Å²) in [6.45, 7) is 6.10. The first-order valence-corrected chi connectivity index (χ1v) is 7.49. The molecule has 1 aromatic carbocycles. The van der Waals surface area contributed by atoms with Gasteiger partial charge in [-0.3, -0.25) is 0 Å². The maximum atomic E-state index is 6.00. The van der Waals surface area contributed by atoms with Gasteiger partial charge in [-0.2, -0.15) is 0 Å². The fourth-order valence-electron chi connectivity index (χ4n) is 2.26. The Hall–Kier alpha value is -1.00. The minimum absolute atomic E-state index is 0.778. The van der Waals surface area contributed by atoms with Crippen molar-refractivity contribution in [2.24, 2.45) is 0 Å². The lowest BCUT2D eigenvalue weighted by molar-refractivity contribution is 0.415. The molecule has 0 unspecified atom stereocenters. The lowest BCUT2D eigenvalue weighted by Crippen LogP contribution is -2.14. The van der Waals surface area contributed by atoms with Gasteiger partial charge in [0.15, 0.2) is 0 Å². The average molecular weight is 326 g/mol. The molecule has 0 saturated heterocycles. The van der Waals surface area contributed by atoms with E-state index in [9.17, 15) is 0 Å². The lowest BCUT2D eigenvalue weighted by atomic mass is 10.1. The molecule has 0 spiro atoms. The highest BCUT2D eigenvalue weighted by molar-refractivity contribution is 9.10. The van der Waals surface area contributed by atoms with E-state index < -0.39 is 0 Å². The zero-order valence-corrected chi connectivity index (χ0v) is 13.3. The highest BCUT2D eigenvalue weighted by Gasteiger charge is 2.15. The van der Waals surface area contributed by atoms with E-state index in [4.69, 9.17) is 9.15 Å². The first-order valence-electron chi connectivity index (χ1n) is 6.69. The zero-order valence-electron chi connectivity index (χ0n) is 11.7. The summed E-state index contributed by atoms with van der Waals surface area (Å²) >= 11 is 3.55. The van der Waals surface area contributed by atoms with Gasteiger partial charge in [0, 0.05) is 10.9 Å². The summed E-state index contributed by atoms with van der Waals surface area (Å²) in [5.41, 5.74) is 2.17. The minimum Gasteiger partial charge on any atom is -0.497 e. The maximum absolute atomic E-state index is 6.00. The highest BCUT2D eigenvalue weighted by Crippen LogP contribution is 2.35. The van der Waals surface area contributed by atoms with Crippen LogP contribution in [0, 0.1) is 0 Å². The molecule has 0 radical (unpaired) electrons. The number of rotatable bonds is 6. The lowest BCUT2D eigenvalue weighted by Gasteiger charge is -2.02. The second-order valence-electron chi connectivity index (χ2n) is 4.52. The standard InChI is InChI=1S/C15H20BrNO2/c1-4-6-17-9-14-11(5-2)12-7-10(18-3)8-13(16)15(12)19-14/h7-8,17H,4-6,9H2,1-3H3. The van der Waals surface area contributed by atoms with Crippen molar-refractivity contribution in [3.8, 4) is 5.75 Å². The predicted octanol–water partition coefficient (Wildman–Crippen LogP) is 4.27. The third-order valence-electron chi connectivity index (χ3n) is 3.21. The molecule has 0 aliphatic heterocycles. The number of furan rings is 1. The van der Waals surface area contributed by atoms with Gasteiger partial charge < -0.3 is 14.5 Å². The van der Waals surface area contributed by atoms with Crippen LogP contribution in [-0.4, -0.2) is 13.7 Å². The molecule has 0 atom stereocenters. The molecular weight excluding hydrogens is 306 g/mol. The third kappa shape index (κ3) is 2.95. The van der Waals surface area contributed by atoms with Crippen LogP contribution in [0.2, 0.25) is 0 Å². The minimum atomic E-state index is 0.778. The summed E-state index contributed by atoms with van der Waals surface area (Å²) in [4.78, 5) is 0. The Kier molecular flexibility index (Phi) is 4.88. The molecule has 1 aromatic heterocycles. The van der Waals surface area contributed by atoms with Gasteiger partial charge in [0.25, 0.3) is 0 Å². The van der Waals surface area contributed by atoms with Crippen LogP contribution in [0.15, 0.2) is 21.0 Å². The van der Waals surface area contributed by atoms with E-state index in [1.807, 2.05) is 12.1 Å². The monoisotopic (exact) mass is 325 g/mol. The molecule has 0 saturated carbocycles. The summed E-state index contributed by atoms with van der Waals surface area (Å²) in [7, 11) is 1.68. The number of halogens is 1. The van der Waals surface area contributed by atoms with Gasteiger partial charge in [-0.1, -0.05) is 13.8 Å². The number of hydrogen-bond donors (Lipinski definition) is 1. The third-order valence-corrected chi connectivity index (χ3v) is 3.79. The van der Waals surface area contributed by atoms with E-state index in [0.717, 1.165) is 52.9 Å². The Morgan fingerprint density at radius 2 is 2.11 bits per heavy atom. The van der Waals surface area contributed by atoms with E-state index in [2.05, 4.69) is 35.1 Å². The number of fused-ring (bicyclic) bond motifs is 1. The van der Waals surface area contributed by atoms with Crippen LogP contribution in [0.4, 0.5) is 0 Å². The smallest absolute Gasteiger partial charge is 0.149 e. The zero-order chi connectivity index (χ0) is 13.8. The van der Waals surface area contributed by atoms with E-state index >= 15 is 0 Å². The fraction of sp³-hybridized carbons (Fsp3) is 0.467. The number of hydrogen-bond acceptors (Lipinski definition) is 3. The van der Waals surface area contributed by atoms with E-state index in [1.165, 1.54) is 5.56 Å². The van der Waals surface area contributed by atoms with Crippen molar-refractivity contribution in [3.63, 3.8) is 0 Å². The van der Waals surface area contributed by atoms with Crippen molar-refractivity contribution < 1.29 is 9.15 Å². The molecule has 1 N–H and O–H groups in total. The number of benzene rings is 1. The normalized spacial score (nSPS) is 11.2. The molecule has 0 bridgehead atoms. The SMILES string of the molecule is CCCNCc1oc2c(Br)cc(OC)cc2c1CC. The Labute approximate surface area is 122 Å². The fourth-order valence-corrected chi connectivity index (χ4v) is 2.78. The van der Waals surface area contributed by atoms with Crippen molar-refractivity contribution in [1.29, 1.82) is 0 Å². The average Bonchev–Trinajstić information content (AvgIpc) is 2.77. The highest BCUT2D eigenvalue weighted by atomic mass is 79.9. The second-order valence-corrected chi connectivity index (χ2v) is 5.37. The van der Waals surface area contributed by atoms with E-state index in [1.54, 1.807) is 7.11 Å². The molecule has 0 fully saturated rings.